The molecule has 0 aliphatic heterocycles. The van der Waals surface area contributed by atoms with Gasteiger partial charge in [-0.2, -0.15) is 0 Å². The quantitative estimate of drug-likeness (QED) is 0.592. The van der Waals surface area contributed by atoms with Crippen molar-refractivity contribution in [3.8, 4) is 0 Å². The SMILES string of the molecule is CCOC(=O)c1ccc(S(C)(=O)=O)c(NOCC(C)=O)c1Cl. The van der Waals surface area contributed by atoms with Crippen LogP contribution in [0.25, 0.3) is 0 Å². The van der Waals surface area contributed by atoms with E-state index in [2.05, 4.69) is 5.48 Å². The summed E-state index contributed by atoms with van der Waals surface area (Å²) in [5, 5.41) is -0.162. The molecule has 0 spiro atoms. The molecule has 0 bridgehead atoms. The lowest BCUT2D eigenvalue weighted by Gasteiger charge is -2.14. The Hall–Kier alpha value is -1.64. The molecule has 0 aromatic heterocycles. The summed E-state index contributed by atoms with van der Waals surface area (Å²) in [4.78, 5) is 27.4. The number of sulfone groups is 1. The van der Waals surface area contributed by atoms with E-state index in [4.69, 9.17) is 21.2 Å². The van der Waals surface area contributed by atoms with Gasteiger partial charge in [-0.3, -0.25) is 15.1 Å². The van der Waals surface area contributed by atoms with E-state index in [-0.39, 0.29) is 40.2 Å². The molecule has 0 aliphatic carbocycles. The van der Waals surface area contributed by atoms with Crippen LogP contribution in [0.15, 0.2) is 17.0 Å². The maximum absolute atomic E-state index is 11.8. The molecule has 0 atom stereocenters. The highest BCUT2D eigenvalue weighted by atomic mass is 35.5. The van der Waals surface area contributed by atoms with E-state index in [1.807, 2.05) is 0 Å². The molecule has 1 rings (SSSR count). The van der Waals surface area contributed by atoms with Crippen LogP contribution in [0.5, 0.6) is 0 Å². The second-order valence-corrected chi connectivity index (χ2v) is 6.75. The molecule has 122 valence electrons. The van der Waals surface area contributed by atoms with Crippen LogP contribution in [0, 0.1) is 0 Å². The Morgan fingerprint density at radius 3 is 2.45 bits per heavy atom. The van der Waals surface area contributed by atoms with Crippen molar-refractivity contribution >= 4 is 38.9 Å². The molecule has 22 heavy (non-hydrogen) atoms. The van der Waals surface area contributed by atoms with Crippen LogP contribution in [0.4, 0.5) is 5.69 Å². The van der Waals surface area contributed by atoms with Crippen molar-refractivity contribution < 1.29 is 27.6 Å². The number of rotatable bonds is 7. The predicted molar refractivity (Wildman–Crippen MR) is 80.8 cm³/mol. The van der Waals surface area contributed by atoms with Crippen LogP contribution < -0.4 is 5.48 Å². The maximum atomic E-state index is 11.8. The fraction of sp³-hybridized carbons (Fsp3) is 0.385. The number of benzene rings is 1. The van der Waals surface area contributed by atoms with E-state index in [0.29, 0.717) is 0 Å². The molecule has 7 nitrogen and oxygen atoms in total. The molecule has 9 heteroatoms. The number of hydrogen-bond acceptors (Lipinski definition) is 7. The van der Waals surface area contributed by atoms with Gasteiger partial charge in [-0.1, -0.05) is 11.6 Å². The summed E-state index contributed by atoms with van der Waals surface area (Å²) in [6, 6.07) is 2.47. The van der Waals surface area contributed by atoms with Crippen molar-refractivity contribution in [2.75, 3.05) is 24.9 Å². The van der Waals surface area contributed by atoms with E-state index in [1.165, 1.54) is 19.1 Å². The lowest BCUT2D eigenvalue weighted by atomic mass is 10.2. The number of ketones is 1. The standard InChI is InChI=1S/C13H16ClNO6S/c1-4-20-13(17)9-5-6-10(22(3,18)19)12(11(9)14)15-21-7-8(2)16/h5-6,15H,4,7H2,1-3H3. The molecule has 0 aliphatic rings. The average Bonchev–Trinajstić information content (AvgIpc) is 2.38. The average molecular weight is 350 g/mol. The Balaban J connectivity index is 3.29. The van der Waals surface area contributed by atoms with Crippen LogP contribution in [-0.2, 0) is 24.2 Å². The molecule has 0 saturated carbocycles. The Labute approximate surface area is 133 Å². The number of carbonyl (C=O) groups is 2. The van der Waals surface area contributed by atoms with Gasteiger partial charge in [-0.15, -0.1) is 0 Å². The Kier molecular flexibility index (Phi) is 6.34. The van der Waals surface area contributed by atoms with Gasteiger partial charge in [0.1, 0.15) is 6.61 Å². The third-order valence-electron chi connectivity index (χ3n) is 2.45. The molecule has 1 N–H and O–H groups in total. The van der Waals surface area contributed by atoms with Gasteiger partial charge < -0.3 is 4.74 Å². The summed E-state index contributed by atoms with van der Waals surface area (Å²) in [5.41, 5.74) is 2.19. The predicted octanol–water partition coefficient (Wildman–Crippen LogP) is 1.85. The van der Waals surface area contributed by atoms with Crippen molar-refractivity contribution in [2.45, 2.75) is 18.7 Å². The van der Waals surface area contributed by atoms with Gasteiger partial charge in [-0.25, -0.2) is 13.2 Å². The molecular formula is C13H16ClNO6S. The summed E-state index contributed by atoms with van der Waals surface area (Å²) in [5.74, 6) is -0.965. The number of hydrogen-bond donors (Lipinski definition) is 1. The topological polar surface area (TPSA) is 98.8 Å². The van der Waals surface area contributed by atoms with Crippen molar-refractivity contribution in [3.05, 3.63) is 22.7 Å². The zero-order chi connectivity index (χ0) is 16.9. The fourth-order valence-corrected chi connectivity index (χ4v) is 2.71. The van der Waals surface area contributed by atoms with Gasteiger partial charge in [0.05, 0.1) is 27.8 Å². The van der Waals surface area contributed by atoms with Crippen LogP contribution >= 0.6 is 11.6 Å². The second-order valence-electron chi connectivity index (χ2n) is 4.39. The highest BCUT2D eigenvalue weighted by molar-refractivity contribution is 7.90. The smallest absolute Gasteiger partial charge is 0.339 e. The van der Waals surface area contributed by atoms with Crippen LogP contribution in [0.2, 0.25) is 5.02 Å². The highest BCUT2D eigenvalue weighted by Gasteiger charge is 2.22. The molecule has 0 fully saturated rings. The second kappa shape index (κ2) is 7.57. The lowest BCUT2D eigenvalue weighted by molar-refractivity contribution is -0.120. The maximum Gasteiger partial charge on any atom is 0.339 e. The molecule has 0 heterocycles. The Morgan fingerprint density at radius 2 is 1.95 bits per heavy atom. The summed E-state index contributed by atoms with van der Waals surface area (Å²) >= 11 is 6.07. The van der Waals surface area contributed by atoms with Gasteiger partial charge in [0, 0.05) is 6.26 Å². The van der Waals surface area contributed by atoms with E-state index in [9.17, 15) is 18.0 Å². The summed E-state index contributed by atoms with van der Waals surface area (Å²) in [6.07, 6.45) is 0.985. The number of anilines is 1. The molecule has 0 amide bonds. The van der Waals surface area contributed by atoms with Crippen molar-refractivity contribution in [2.24, 2.45) is 0 Å². The van der Waals surface area contributed by atoms with Crippen LogP contribution in [0.1, 0.15) is 24.2 Å². The zero-order valence-corrected chi connectivity index (χ0v) is 13.9. The first-order chi connectivity index (χ1) is 10.2. The molecule has 0 unspecified atom stereocenters. The van der Waals surface area contributed by atoms with Gasteiger partial charge in [-0.05, 0) is 26.0 Å². The first-order valence-corrected chi connectivity index (χ1v) is 8.52. The van der Waals surface area contributed by atoms with E-state index in [0.717, 1.165) is 6.26 Å². The summed E-state index contributed by atoms with van der Waals surface area (Å²) < 4.78 is 28.4. The minimum Gasteiger partial charge on any atom is -0.462 e. The minimum absolute atomic E-state index is 0.00941. The molecular weight excluding hydrogens is 334 g/mol. The number of esters is 1. The van der Waals surface area contributed by atoms with Gasteiger partial charge in [0.25, 0.3) is 0 Å². The number of carbonyl (C=O) groups excluding carboxylic acids is 2. The normalized spacial score (nSPS) is 11.1. The van der Waals surface area contributed by atoms with Gasteiger partial charge >= 0.3 is 5.97 Å². The van der Waals surface area contributed by atoms with E-state index in [1.54, 1.807) is 6.92 Å². The van der Waals surface area contributed by atoms with Crippen molar-refractivity contribution in [1.82, 2.24) is 0 Å². The van der Waals surface area contributed by atoms with Gasteiger partial charge in [0.2, 0.25) is 0 Å². The third kappa shape index (κ3) is 4.69. The number of halogens is 1. The first kappa shape index (κ1) is 18.4. The molecule has 1 aromatic carbocycles. The number of nitrogens with one attached hydrogen (secondary N) is 1. The highest BCUT2D eigenvalue weighted by Crippen LogP contribution is 2.33. The lowest BCUT2D eigenvalue weighted by Crippen LogP contribution is -2.14. The minimum atomic E-state index is -3.63. The monoisotopic (exact) mass is 349 g/mol. The third-order valence-corrected chi connectivity index (χ3v) is 3.98. The van der Waals surface area contributed by atoms with E-state index < -0.39 is 15.8 Å². The van der Waals surface area contributed by atoms with Crippen molar-refractivity contribution in [3.63, 3.8) is 0 Å². The zero-order valence-electron chi connectivity index (χ0n) is 12.3. The van der Waals surface area contributed by atoms with Crippen molar-refractivity contribution in [1.29, 1.82) is 0 Å². The van der Waals surface area contributed by atoms with Crippen LogP contribution in [-0.4, -0.2) is 39.6 Å². The summed E-state index contributed by atoms with van der Waals surface area (Å²) in [6.45, 7) is 2.79. The largest absolute Gasteiger partial charge is 0.462 e. The summed E-state index contributed by atoms with van der Waals surface area (Å²) in [7, 11) is -3.63. The van der Waals surface area contributed by atoms with E-state index >= 15 is 0 Å². The molecule has 1 aromatic rings. The fourth-order valence-electron chi connectivity index (χ4n) is 1.54. The first-order valence-electron chi connectivity index (χ1n) is 6.25. The molecule has 0 saturated heterocycles. The molecule has 0 radical (unpaired) electrons. The Morgan fingerprint density at radius 1 is 1.32 bits per heavy atom. The van der Waals surface area contributed by atoms with Crippen LogP contribution in [0.3, 0.4) is 0 Å². The number of Topliss-reactive ketones (excluding diaryl/α,β-unsaturated/α-hetero) is 1. The Bertz CT molecular complexity index is 686. The number of ether oxygens (including phenoxy) is 1. The van der Waals surface area contributed by atoms with Gasteiger partial charge in [0.15, 0.2) is 15.6 Å².